The highest BCUT2D eigenvalue weighted by Gasteiger charge is 2.30. The average molecular weight is 420 g/mol. The summed E-state index contributed by atoms with van der Waals surface area (Å²) in [4.78, 5) is 12.1. The number of aromatic nitrogens is 4. The number of anilines is 3. The second-order valence-electron chi connectivity index (χ2n) is 6.33. The number of imidazole rings is 1. The molecular weight excluding hydrogens is 407 g/mol. The molecule has 2 heterocycles. The molecule has 0 amide bonds. The first-order valence-corrected chi connectivity index (χ1v) is 8.59. The Bertz CT molecular complexity index is 1200. The van der Waals surface area contributed by atoms with Crippen LogP contribution in [0.15, 0.2) is 54.9 Å². The third-order valence-corrected chi connectivity index (χ3v) is 4.29. The lowest BCUT2D eigenvalue weighted by Gasteiger charge is -2.15. The molecule has 11 heteroatoms. The number of alkyl halides is 3. The van der Waals surface area contributed by atoms with Crippen molar-refractivity contribution in [3.63, 3.8) is 0 Å². The highest BCUT2D eigenvalue weighted by Crippen LogP contribution is 2.32. The molecule has 4 aromatic rings. The molecule has 0 fully saturated rings. The molecule has 0 aliphatic rings. The Hall–Kier alpha value is -3.76. The van der Waals surface area contributed by atoms with Crippen LogP contribution >= 0.6 is 0 Å². The second-order valence-corrected chi connectivity index (χ2v) is 6.33. The van der Waals surface area contributed by atoms with Crippen molar-refractivity contribution in [1.29, 1.82) is 0 Å². The molecule has 0 bridgehead atoms. The van der Waals surface area contributed by atoms with Crippen LogP contribution in [-0.2, 0) is 6.18 Å². The van der Waals surface area contributed by atoms with E-state index in [4.69, 9.17) is 0 Å². The normalized spacial score (nSPS) is 11.7. The SMILES string of the molecule is Cc1nc2ccc(F)cc2n1Nc1cc(N(F)c2ccc(C(F)(F)F)cc2)ncn1. The second kappa shape index (κ2) is 7.25. The molecule has 6 nitrogen and oxygen atoms in total. The van der Waals surface area contributed by atoms with Crippen molar-refractivity contribution in [1.82, 2.24) is 19.6 Å². The van der Waals surface area contributed by atoms with Gasteiger partial charge in [0.15, 0.2) is 11.6 Å². The summed E-state index contributed by atoms with van der Waals surface area (Å²) in [5.41, 5.74) is 2.86. The van der Waals surface area contributed by atoms with Gasteiger partial charge in [0.05, 0.1) is 22.3 Å². The fourth-order valence-corrected chi connectivity index (χ4v) is 2.85. The van der Waals surface area contributed by atoms with E-state index in [-0.39, 0.29) is 22.4 Å². The van der Waals surface area contributed by atoms with Crippen LogP contribution in [0.4, 0.5) is 39.4 Å². The topological polar surface area (TPSA) is 58.9 Å². The Labute approximate surface area is 166 Å². The van der Waals surface area contributed by atoms with Gasteiger partial charge in [-0.15, -0.1) is 0 Å². The van der Waals surface area contributed by atoms with E-state index in [0.29, 0.717) is 16.9 Å². The Kier molecular flexibility index (Phi) is 4.72. The van der Waals surface area contributed by atoms with Gasteiger partial charge in [-0.1, -0.05) is 4.48 Å². The van der Waals surface area contributed by atoms with Gasteiger partial charge in [-0.3, -0.25) is 5.43 Å². The highest BCUT2D eigenvalue weighted by molar-refractivity contribution is 5.77. The molecule has 30 heavy (non-hydrogen) atoms. The Morgan fingerprint density at radius 1 is 1.00 bits per heavy atom. The summed E-state index contributed by atoms with van der Waals surface area (Å²) in [6.45, 7) is 1.69. The first-order valence-electron chi connectivity index (χ1n) is 8.59. The molecule has 0 spiro atoms. The van der Waals surface area contributed by atoms with Crippen molar-refractivity contribution in [2.75, 3.05) is 10.5 Å². The summed E-state index contributed by atoms with van der Waals surface area (Å²) in [5.74, 6) is 0.0170. The molecule has 2 aromatic carbocycles. The molecule has 1 N–H and O–H groups in total. The summed E-state index contributed by atoms with van der Waals surface area (Å²) >= 11 is 0. The molecule has 4 rings (SSSR count). The smallest absolute Gasteiger partial charge is 0.276 e. The van der Waals surface area contributed by atoms with Crippen molar-refractivity contribution in [2.24, 2.45) is 0 Å². The number of hydrogen-bond donors (Lipinski definition) is 1. The molecule has 0 aliphatic heterocycles. The third-order valence-electron chi connectivity index (χ3n) is 4.29. The predicted molar refractivity (Wildman–Crippen MR) is 100 cm³/mol. The summed E-state index contributed by atoms with van der Waals surface area (Å²) in [6, 6.07) is 8.89. The zero-order valence-electron chi connectivity index (χ0n) is 15.3. The standard InChI is InChI=1S/C19H13F5N6/c1-11-27-15-7-4-13(20)8-16(15)30(11)28-17-9-18(26-10-25-17)29(24)14-5-2-12(3-6-14)19(21,22)23/h2-10H,1H3,(H,25,26,28). The van der Waals surface area contributed by atoms with Gasteiger partial charge in [0.1, 0.15) is 18.0 Å². The van der Waals surface area contributed by atoms with Crippen molar-refractivity contribution < 1.29 is 22.0 Å². The van der Waals surface area contributed by atoms with Gasteiger partial charge in [-0.25, -0.2) is 24.0 Å². The number of nitrogens with one attached hydrogen (secondary N) is 1. The number of hydrogen-bond acceptors (Lipinski definition) is 5. The molecule has 2 aromatic heterocycles. The van der Waals surface area contributed by atoms with Crippen LogP contribution < -0.4 is 10.5 Å². The Morgan fingerprint density at radius 3 is 2.43 bits per heavy atom. The van der Waals surface area contributed by atoms with E-state index >= 15 is 0 Å². The van der Waals surface area contributed by atoms with E-state index in [2.05, 4.69) is 20.4 Å². The fraction of sp³-hybridized carbons (Fsp3) is 0.105. The first-order chi connectivity index (χ1) is 14.2. The lowest BCUT2D eigenvalue weighted by molar-refractivity contribution is -0.137. The lowest BCUT2D eigenvalue weighted by Crippen LogP contribution is -2.13. The monoisotopic (exact) mass is 420 g/mol. The van der Waals surface area contributed by atoms with Crippen LogP contribution in [-0.4, -0.2) is 19.6 Å². The summed E-state index contributed by atoms with van der Waals surface area (Å²) < 4.78 is 67.8. The van der Waals surface area contributed by atoms with Gasteiger partial charge in [-0.2, -0.15) is 18.3 Å². The fourth-order valence-electron chi connectivity index (χ4n) is 2.85. The summed E-state index contributed by atoms with van der Waals surface area (Å²) in [6.07, 6.45) is -3.43. The van der Waals surface area contributed by atoms with Crippen LogP contribution in [0.5, 0.6) is 0 Å². The molecule has 0 saturated heterocycles. The van der Waals surface area contributed by atoms with E-state index in [9.17, 15) is 22.0 Å². The number of aryl methyl sites for hydroxylation is 1. The lowest BCUT2D eigenvalue weighted by atomic mass is 10.2. The predicted octanol–water partition coefficient (Wildman–Crippen LogP) is 5.19. The average Bonchev–Trinajstić information content (AvgIpc) is 3.02. The maximum absolute atomic E-state index is 14.7. The highest BCUT2D eigenvalue weighted by atomic mass is 19.4. The van der Waals surface area contributed by atoms with E-state index in [0.717, 1.165) is 30.6 Å². The van der Waals surface area contributed by atoms with Gasteiger partial charge in [-0.05, 0) is 43.3 Å². The molecule has 0 saturated carbocycles. The maximum atomic E-state index is 14.7. The van der Waals surface area contributed by atoms with Gasteiger partial charge in [0.2, 0.25) is 0 Å². The zero-order valence-corrected chi connectivity index (χ0v) is 15.3. The van der Waals surface area contributed by atoms with Crippen molar-refractivity contribution in [3.8, 4) is 0 Å². The minimum Gasteiger partial charge on any atom is -0.276 e. The van der Waals surface area contributed by atoms with E-state index < -0.39 is 17.6 Å². The van der Waals surface area contributed by atoms with Crippen LogP contribution in [0.3, 0.4) is 0 Å². The van der Waals surface area contributed by atoms with E-state index in [1.54, 1.807) is 6.92 Å². The Balaban J connectivity index is 1.62. The number of benzene rings is 2. The number of halogens is 5. The van der Waals surface area contributed by atoms with Crippen molar-refractivity contribution >= 4 is 28.4 Å². The molecule has 0 atom stereocenters. The van der Waals surface area contributed by atoms with Gasteiger partial charge >= 0.3 is 6.18 Å². The van der Waals surface area contributed by atoms with Crippen LogP contribution in [0, 0.1) is 12.7 Å². The number of fused-ring (bicyclic) bond motifs is 1. The Morgan fingerprint density at radius 2 is 1.73 bits per heavy atom. The molecule has 154 valence electrons. The van der Waals surface area contributed by atoms with Crippen LogP contribution in [0.2, 0.25) is 0 Å². The summed E-state index contributed by atoms with van der Waals surface area (Å²) in [5, 5.41) is 0.131. The van der Waals surface area contributed by atoms with E-state index in [1.807, 2.05) is 0 Å². The minimum absolute atomic E-state index is 0.131. The molecule has 0 unspecified atom stereocenters. The number of nitrogens with zero attached hydrogens (tertiary/aromatic N) is 5. The zero-order chi connectivity index (χ0) is 21.5. The molecule has 0 radical (unpaired) electrons. The van der Waals surface area contributed by atoms with Crippen molar-refractivity contribution in [2.45, 2.75) is 13.1 Å². The first kappa shape index (κ1) is 19.6. The molecule has 0 aliphatic carbocycles. The van der Waals surface area contributed by atoms with Crippen LogP contribution in [0.1, 0.15) is 11.4 Å². The maximum Gasteiger partial charge on any atom is 0.416 e. The van der Waals surface area contributed by atoms with E-state index in [1.165, 1.54) is 28.9 Å². The van der Waals surface area contributed by atoms with Gasteiger partial charge < -0.3 is 0 Å². The van der Waals surface area contributed by atoms with Gasteiger partial charge in [0.25, 0.3) is 0 Å². The van der Waals surface area contributed by atoms with Crippen LogP contribution in [0.25, 0.3) is 11.0 Å². The largest absolute Gasteiger partial charge is 0.416 e. The molecular formula is C19H13F5N6. The quantitative estimate of drug-likeness (QED) is 0.364. The minimum atomic E-state index is -4.52. The summed E-state index contributed by atoms with van der Waals surface area (Å²) in [7, 11) is 0. The number of rotatable bonds is 4. The third kappa shape index (κ3) is 3.73. The van der Waals surface area contributed by atoms with Gasteiger partial charge in [0, 0.05) is 12.1 Å². The van der Waals surface area contributed by atoms with Crippen molar-refractivity contribution in [3.05, 3.63) is 72.1 Å².